The second-order valence-electron chi connectivity index (χ2n) is 2.74. The van der Waals surface area contributed by atoms with Gasteiger partial charge in [0, 0.05) is 6.07 Å². The lowest BCUT2D eigenvalue weighted by Crippen LogP contribution is -2.18. The molecule has 0 aliphatic carbocycles. The molecule has 0 aromatic heterocycles. The van der Waals surface area contributed by atoms with Gasteiger partial charge in [0.1, 0.15) is 5.75 Å². The number of hydrogen-bond acceptors (Lipinski definition) is 3. The van der Waals surface area contributed by atoms with Crippen LogP contribution >= 0.6 is 0 Å². The zero-order valence-corrected chi connectivity index (χ0v) is 8.42. The second-order valence-corrected chi connectivity index (χ2v) is 2.74. The highest BCUT2D eigenvalue weighted by atomic mass is 19.4. The maximum Gasteiger partial charge on any atom is 0.573 e. The first-order valence-corrected chi connectivity index (χ1v) is 4.20. The van der Waals surface area contributed by atoms with Crippen molar-refractivity contribution < 1.29 is 36.2 Å². The number of ether oxygens (including phenoxy) is 3. The van der Waals surface area contributed by atoms with Crippen molar-refractivity contribution in [1.82, 2.24) is 0 Å². The minimum Gasteiger partial charge on any atom is -0.497 e. The van der Waals surface area contributed by atoms with Crippen molar-refractivity contribution in [3.63, 3.8) is 0 Å². The van der Waals surface area contributed by atoms with Crippen LogP contribution in [0.25, 0.3) is 0 Å². The highest BCUT2D eigenvalue weighted by molar-refractivity contribution is 5.45. The van der Waals surface area contributed by atoms with Gasteiger partial charge >= 0.3 is 13.0 Å². The number of alkyl halides is 5. The molecule has 0 unspecified atom stereocenters. The molecule has 0 atom stereocenters. The van der Waals surface area contributed by atoms with Crippen LogP contribution in [-0.2, 0) is 0 Å². The molecule has 3 nitrogen and oxygen atoms in total. The highest BCUT2D eigenvalue weighted by Crippen LogP contribution is 2.36. The highest BCUT2D eigenvalue weighted by Gasteiger charge is 2.33. The molecule has 0 N–H and O–H groups in total. The predicted octanol–water partition coefficient (Wildman–Crippen LogP) is 3.20. The number of methoxy groups -OCH3 is 1. The van der Waals surface area contributed by atoms with E-state index in [1.807, 2.05) is 0 Å². The first-order valence-electron chi connectivity index (χ1n) is 4.20. The fourth-order valence-electron chi connectivity index (χ4n) is 1.01. The van der Waals surface area contributed by atoms with Gasteiger partial charge in [-0.15, -0.1) is 13.2 Å². The molecule has 0 saturated heterocycles. The Morgan fingerprint density at radius 2 is 1.76 bits per heavy atom. The summed E-state index contributed by atoms with van der Waals surface area (Å²) in [6.45, 7) is -3.25. The summed E-state index contributed by atoms with van der Waals surface area (Å²) in [5, 5.41) is 0. The Morgan fingerprint density at radius 3 is 2.24 bits per heavy atom. The lowest BCUT2D eigenvalue weighted by Gasteiger charge is -2.14. The van der Waals surface area contributed by atoms with Gasteiger partial charge in [-0.1, -0.05) is 0 Å². The molecule has 0 spiro atoms. The molecule has 0 bridgehead atoms. The lowest BCUT2D eigenvalue weighted by molar-refractivity contribution is -0.275. The lowest BCUT2D eigenvalue weighted by atomic mass is 10.3. The molecule has 1 aromatic rings. The number of benzene rings is 1. The Morgan fingerprint density at radius 1 is 1.12 bits per heavy atom. The molecule has 0 aliphatic rings. The van der Waals surface area contributed by atoms with Crippen molar-refractivity contribution in [1.29, 1.82) is 0 Å². The monoisotopic (exact) mass is 258 g/mol. The molecule has 17 heavy (non-hydrogen) atoms. The van der Waals surface area contributed by atoms with Gasteiger partial charge in [0.25, 0.3) is 0 Å². The van der Waals surface area contributed by atoms with Gasteiger partial charge in [0.05, 0.1) is 7.11 Å². The van der Waals surface area contributed by atoms with E-state index in [2.05, 4.69) is 14.2 Å². The van der Waals surface area contributed by atoms with E-state index in [1.165, 1.54) is 13.2 Å². The summed E-state index contributed by atoms with van der Waals surface area (Å²) in [6, 6.07) is 2.86. The molecular formula is C9H7F5O3. The third kappa shape index (κ3) is 4.33. The van der Waals surface area contributed by atoms with Crippen molar-refractivity contribution in [2.75, 3.05) is 7.11 Å². The van der Waals surface area contributed by atoms with Crippen LogP contribution in [0, 0.1) is 0 Å². The molecule has 0 fully saturated rings. The minimum absolute atomic E-state index is 0.0193. The second kappa shape index (κ2) is 5.07. The van der Waals surface area contributed by atoms with Crippen LogP contribution in [0.2, 0.25) is 0 Å². The Kier molecular flexibility index (Phi) is 3.97. The fraction of sp³-hybridized carbons (Fsp3) is 0.333. The maximum atomic E-state index is 12.0. The predicted molar refractivity (Wildman–Crippen MR) is 46.3 cm³/mol. The summed E-state index contributed by atoms with van der Waals surface area (Å²) in [4.78, 5) is 0. The quantitative estimate of drug-likeness (QED) is 0.776. The molecular weight excluding hydrogens is 251 g/mol. The summed E-state index contributed by atoms with van der Waals surface area (Å²) >= 11 is 0. The Labute approximate surface area is 92.7 Å². The van der Waals surface area contributed by atoms with Gasteiger partial charge in [-0.25, -0.2) is 0 Å². The third-order valence-corrected chi connectivity index (χ3v) is 1.59. The van der Waals surface area contributed by atoms with Crippen LogP contribution in [0.1, 0.15) is 0 Å². The molecule has 0 amide bonds. The molecule has 0 aliphatic heterocycles. The molecule has 1 aromatic carbocycles. The minimum atomic E-state index is -5.01. The normalized spacial score (nSPS) is 11.5. The van der Waals surface area contributed by atoms with Crippen molar-refractivity contribution >= 4 is 0 Å². The van der Waals surface area contributed by atoms with E-state index in [9.17, 15) is 22.0 Å². The summed E-state index contributed by atoms with van der Waals surface area (Å²) < 4.78 is 71.9. The van der Waals surface area contributed by atoms with Crippen LogP contribution in [0.4, 0.5) is 22.0 Å². The third-order valence-electron chi connectivity index (χ3n) is 1.59. The smallest absolute Gasteiger partial charge is 0.497 e. The van der Waals surface area contributed by atoms with Crippen LogP contribution < -0.4 is 14.2 Å². The van der Waals surface area contributed by atoms with Gasteiger partial charge in [-0.3, -0.25) is 0 Å². The summed E-state index contributed by atoms with van der Waals surface area (Å²) in [5.74, 6) is -1.60. The largest absolute Gasteiger partial charge is 0.573 e. The maximum absolute atomic E-state index is 12.0. The average Bonchev–Trinajstić information content (AvgIpc) is 2.17. The van der Waals surface area contributed by atoms with Crippen molar-refractivity contribution in [2.24, 2.45) is 0 Å². The SMILES string of the molecule is COc1ccc(OC(F)F)c(OC(F)(F)F)c1. The Balaban J connectivity index is 3.03. The van der Waals surface area contributed by atoms with Gasteiger partial charge in [-0.2, -0.15) is 8.78 Å². The van der Waals surface area contributed by atoms with E-state index in [1.54, 1.807) is 0 Å². The standard InChI is InChI=1S/C9H7F5O3/c1-15-5-2-3-6(16-8(10)11)7(4-5)17-9(12,13)14/h2-4,8H,1H3. The summed E-state index contributed by atoms with van der Waals surface area (Å²) in [5.41, 5.74) is 0. The van der Waals surface area contributed by atoms with E-state index < -0.39 is 24.5 Å². The van der Waals surface area contributed by atoms with Gasteiger partial charge in [-0.05, 0) is 12.1 Å². The van der Waals surface area contributed by atoms with Gasteiger partial charge in [0.15, 0.2) is 11.5 Å². The number of halogens is 5. The Hall–Kier alpha value is -1.73. The first kappa shape index (κ1) is 13.3. The average molecular weight is 258 g/mol. The topological polar surface area (TPSA) is 27.7 Å². The first-order chi connectivity index (χ1) is 7.81. The molecule has 1 rings (SSSR count). The van der Waals surface area contributed by atoms with E-state index in [4.69, 9.17) is 0 Å². The summed E-state index contributed by atoms with van der Waals surface area (Å²) in [6.07, 6.45) is -5.01. The zero-order valence-electron chi connectivity index (χ0n) is 8.42. The van der Waals surface area contributed by atoms with Crippen LogP contribution in [0.5, 0.6) is 17.2 Å². The van der Waals surface area contributed by atoms with Crippen LogP contribution in [0.3, 0.4) is 0 Å². The van der Waals surface area contributed by atoms with Crippen LogP contribution in [0.15, 0.2) is 18.2 Å². The molecule has 96 valence electrons. The van der Waals surface area contributed by atoms with E-state index in [0.717, 1.165) is 12.1 Å². The summed E-state index contributed by atoms with van der Waals surface area (Å²) in [7, 11) is 1.21. The zero-order chi connectivity index (χ0) is 13.1. The molecule has 0 heterocycles. The van der Waals surface area contributed by atoms with Gasteiger partial charge in [0.2, 0.25) is 0 Å². The van der Waals surface area contributed by atoms with Crippen molar-refractivity contribution in [2.45, 2.75) is 13.0 Å². The molecule has 0 saturated carbocycles. The van der Waals surface area contributed by atoms with Crippen LogP contribution in [-0.4, -0.2) is 20.1 Å². The number of hydrogen-bond donors (Lipinski definition) is 0. The van der Waals surface area contributed by atoms with E-state index >= 15 is 0 Å². The number of rotatable bonds is 4. The molecule has 8 heteroatoms. The van der Waals surface area contributed by atoms with E-state index in [0.29, 0.717) is 0 Å². The van der Waals surface area contributed by atoms with E-state index in [-0.39, 0.29) is 5.75 Å². The van der Waals surface area contributed by atoms with Crippen molar-refractivity contribution in [3.8, 4) is 17.2 Å². The van der Waals surface area contributed by atoms with Gasteiger partial charge < -0.3 is 14.2 Å². The fourth-order valence-corrected chi connectivity index (χ4v) is 1.01. The Bertz CT molecular complexity index is 377. The van der Waals surface area contributed by atoms with Crippen molar-refractivity contribution in [3.05, 3.63) is 18.2 Å². The molecule has 0 radical (unpaired) electrons.